The van der Waals surface area contributed by atoms with Gasteiger partial charge in [-0.1, -0.05) is 0 Å². The van der Waals surface area contributed by atoms with Crippen LogP contribution in [0, 0.1) is 5.82 Å². The summed E-state index contributed by atoms with van der Waals surface area (Å²) >= 11 is 0. The highest BCUT2D eigenvalue weighted by molar-refractivity contribution is 5.77. The van der Waals surface area contributed by atoms with Crippen LogP contribution in [-0.2, 0) is 11.2 Å². The largest absolute Gasteiger partial charge is 0.481 e. The molecule has 0 saturated carbocycles. The third kappa shape index (κ3) is 2.71. The predicted molar refractivity (Wildman–Crippen MR) is 62.9 cm³/mol. The summed E-state index contributed by atoms with van der Waals surface area (Å²) in [7, 11) is 0. The van der Waals surface area contributed by atoms with Crippen LogP contribution in [0.5, 0.6) is 0 Å². The molecule has 1 heterocycles. The quantitative estimate of drug-likeness (QED) is 0.860. The Morgan fingerprint density at radius 2 is 2.22 bits per heavy atom. The lowest BCUT2D eigenvalue weighted by molar-refractivity contribution is -0.137. The van der Waals surface area contributed by atoms with Gasteiger partial charge >= 0.3 is 5.97 Å². The van der Waals surface area contributed by atoms with E-state index in [2.05, 4.69) is 9.97 Å². The highest BCUT2D eigenvalue weighted by atomic mass is 19.1. The Morgan fingerprint density at radius 1 is 1.44 bits per heavy atom. The van der Waals surface area contributed by atoms with Crippen molar-refractivity contribution in [3.8, 4) is 0 Å². The SMILES string of the molecule is O=C(O)CCCc1nc2ccc(F)cc2c(=O)[nH]1. The van der Waals surface area contributed by atoms with Gasteiger partial charge in [0.15, 0.2) is 0 Å². The fourth-order valence-corrected chi connectivity index (χ4v) is 1.68. The molecule has 2 aromatic rings. The van der Waals surface area contributed by atoms with E-state index in [0.717, 1.165) is 6.07 Å². The van der Waals surface area contributed by atoms with Crippen molar-refractivity contribution in [1.29, 1.82) is 0 Å². The van der Waals surface area contributed by atoms with Gasteiger partial charge in [-0.25, -0.2) is 9.37 Å². The predicted octanol–water partition coefficient (Wildman–Crippen LogP) is 1.47. The smallest absolute Gasteiger partial charge is 0.303 e. The molecular formula is C12H11FN2O3. The van der Waals surface area contributed by atoms with Crippen LogP contribution in [0.4, 0.5) is 4.39 Å². The first-order chi connectivity index (χ1) is 8.56. The van der Waals surface area contributed by atoms with Crippen LogP contribution < -0.4 is 5.56 Å². The minimum absolute atomic E-state index is 0.0190. The number of H-pyrrole nitrogens is 1. The van der Waals surface area contributed by atoms with Crippen molar-refractivity contribution in [3.05, 3.63) is 40.2 Å². The van der Waals surface area contributed by atoms with Crippen LogP contribution in [-0.4, -0.2) is 21.0 Å². The lowest BCUT2D eigenvalue weighted by Crippen LogP contribution is -2.12. The van der Waals surface area contributed by atoms with Crippen LogP contribution in [0.1, 0.15) is 18.7 Å². The van der Waals surface area contributed by atoms with E-state index in [4.69, 9.17) is 5.11 Å². The molecule has 5 nitrogen and oxygen atoms in total. The number of hydrogen-bond donors (Lipinski definition) is 2. The van der Waals surface area contributed by atoms with Gasteiger partial charge in [0, 0.05) is 12.8 Å². The molecule has 0 fully saturated rings. The fraction of sp³-hybridized carbons (Fsp3) is 0.250. The molecule has 1 aromatic heterocycles. The summed E-state index contributed by atoms with van der Waals surface area (Å²) in [6.45, 7) is 0. The lowest BCUT2D eigenvalue weighted by Gasteiger charge is -2.02. The standard InChI is InChI=1S/C12H11FN2O3/c13-7-4-5-9-8(6-7)12(18)15-10(14-9)2-1-3-11(16)17/h4-6H,1-3H2,(H,16,17)(H,14,15,18). The first-order valence-corrected chi connectivity index (χ1v) is 5.46. The Bertz CT molecular complexity index is 651. The van der Waals surface area contributed by atoms with Crippen molar-refractivity contribution >= 4 is 16.9 Å². The summed E-state index contributed by atoms with van der Waals surface area (Å²) in [4.78, 5) is 28.7. The second kappa shape index (κ2) is 4.95. The van der Waals surface area contributed by atoms with Gasteiger partial charge in [-0.15, -0.1) is 0 Å². The van der Waals surface area contributed by atoms with E-state index in [-0.39, 0.29) is 11.8 Å². The van der Waals surface area contributed by atoms with Gasteiger partial charge in [-0.3, -0.25) is 9.59 Å². The highest BCUT2D eigenvalue weighted by Gasteiger charge is 2.06. The fourth-order valence-electron chi connectivity index (χ4n) is 1.68. The molecule has 0 atom stereocenters. The first kappa shape index (κ1) is 12.2. The van der Waals surface area contributed by atoms with Gasteiger partial charge < -0.3 is 10.1 Å². The van der Waals surface area contributed by atoms with Crippen LogP contribution in [0.15, 0.2) is 23.0 Å². The third-order valence-corrected chi connectivity index (χ3v) is 2.52. The molecule has 6 heteroatoms. The Labute approximate surface area is 101 Å². The molecule has 18 heavy (non-hydrogen) atoms. The summed E-state index contributed by atoms with van der Waals surface area (Å²) in [6, 6.07) is 3.79. The van der Waals surface area contributed by atoms with Gasteiger partial charge in [0.05, 0.1) is 10.9 Å². The van der Waals surface area contributed by atoms with Gasteiger partial charge in [0.25, 0.3) is 5.56 Å². The van der Waals surface area contributed by atoms with Crippen molar-refractivity contribution in [2.24, 2.45) is 0 Å². The second-order valence-electron chi connectivity index (χ2n) is 3.92. The molecule has 94 valence electrons. The molecule has 0 bridgehead atoms. The molecule has 1 aromatic carbocycles. The van der Waals surface area contributed by atoms with Gasteiger partial charge in [-0.05, 0) is 24.6 Å². The van der Waals surface area contributed by atoms with Crippen molar-refractivity contribution in [2.75, 3.05) is 0 Å². The number of aromatic amines is 1. The number of aliphatic carboxylic acids is 1. The number of aryl methyl sites for hydroxylation is 1. The van der Waals surface area contributed by atoms with Crippen molar-refractivity contribution in [2.45, 2.75) is 19.3 Å². The van der Waals surface area contributed by atoms with E-state index >= 15 is 0 Å². The summed E-state index contributed by atoms with van der Waals surface area (Å²) in [5.41, 5.74) is -0.00435. The van der Waals surface area contributed by atoms with Gasteiger partial charge in [0.2, 0.25) is 0 Å². The minimum Gasteiger partial charge on any atom is -0.481 e. The van der Waals surface area contributed by atoms with Crippen molar-refractivity contribution in [3.63, 3.8) is 0 Å². The average Bonchev–Trinajstić information content (AvgIpc) is 2.30. The second-order valence-corrected chi connectivity index (χ2v) is 3.92. The van der Waals surface area contributed by atoms with Gasteiger partial charge in [-0.2, -0.15) is 0 Å². The Morgan fingerprint density at radius 3 is 2.94 bits per heavy atom. The minimum atomic E-state index is -0.889. The number of rotatable bonds is 4. The normalized spacial score (nSPS) is 10.7. The zero-order valence-corrected chi connectivity index (χ0v) is 9.44. The zero-order valence-electron chi connectivity index (χ0n) is 9.44. The Balaban J connectivity index is 2.29. The highest BCUT2D eigenvalue weighted by Crippen LogP contribution is 2.09. The van der Waals surface area contributed by atoms with E-state index < -0.39 is 17.3 Å². The summed E-state index contributed by atoms with van der Waals surface area (Å²) in [5.74, 6) is -0.964. The van der Waals surface area contributed by atoms with E-state index in [1.165, 1.54) is 12.1 Å². The third-order valence-electron chi connectivity index (χ3n) is 2.52. The summed E-state index contributed by atoms with van der Waals surface area (Å²) in [5, 5.41) is 8.71. The molecule has 0 radical (unpaired) electrons. The average molecular weight is 250 g/mol. The Hall–Kier alpha value is -2.24. The molecule has 2 N–H and O–H groups in total. The maximum atomic E-state index is 13.0. The molecule has 2 rings (SSSR count). The van der Waals surface area contributed by atoms with Gasteiger partial charge in [0.1, 0.15) is 11.6 Å². The number of benzene rings is 1. The first-order valence-electron chi connectivity index (χ1n) is 5.46. The number of hydrogen-bond acceptors (Lipinski definition) is 3. The maximum absolute atomic E-state index is 13.0. The number of carboxylic acid groups (broad SMARTS) is 1. The number of aromatic nitrogens is 2. The Kier molecular flexibility index (Phi) is 3.36. The molecule has 0 amide bonds. The number of carbonyl (C=O) groups is 1. The van der Waals surface area contributed by atoms with Crippen molar-refractivity contribution in [1.82, 2.24) is 9.97 Å². The van der Waals surface area contributed by atoms with Crippen LogP contribution in [0.3, 0.4) is 0 Å². The summed E-state index contributed by atoms with van der Waals surface area (Å²) in [6.07, 6.45) is 0.783. The molecule has 0 aliphatic carbocycles. The number of nitrogens with zero attached hydrogens (tertiary/aromatic N) is 1. The zero-order chi connectivity index (χ0) is 13.1. The molecule has 0 spiro atoms. The number of carboxylic acids is 1. The van der Waals surface area contributed by atoms with Crippen LogP contribution in [0.25, 0.3) is 10.9 Å². The van der Waals surface area contributed by atoms with E-state index in [1.54, 1.807) is 0 Å². The molecule has 0 aliphatic rings. The van der Waals surface area contributed by atoms with Crippen molar-refractivity contribution < 1.29 is 14.3 Å². The topological polar surface area (TPSA) is 83.0 Å². The van der Waals surface area contributed by atoms with Crippen LogP contribution in [0.2, 0.25) is 0 Å². The molecule has 0 unspecified atom stereocenters. The van der Waals surface area contributed by atoms with E-state index in [9.17, 15) is 14.0 Å². The maximum Gasteiger partial charge on any atom is 0.303 e. The molecule has 0 saturated heterocycles. The number of nitrogens with one attached hydrogen (secondary N) is 1. The lowest BCUT2D eigenvalue weighted by atomic mass is 10.2. The van der Waals surface area contributed by atoms with E-state index in [0.29, 0.717) is 24.2 Å². The van der Waals surface area contributed by atoms with Crippen LogP contribution >= 0.6 is 0 Å². The summed E-state index contributed by atoms with van der Waals surface area (Å²) < 4.78 is 13.0. The molecular weight excluding hydrogens is 239 g/mol. The number of fused-ring (bicyclic) bond motifs is 1. The van der Waals surface area contributed by atoms with E-state index in [1.807, 2.05) is 0 Å². The monoisotopic (exact) mass is 250 g/mol. The number of halogens is 1. The molecule has 0 aliphatic heterocycles.